The molecule has 2 aromatic heterocycles. The lowest BCUT2D eigenvalue weighted by Gasteiger charge is -2.09. The van der Waals surface area contributed by atoms with Crippen LogP contribution in [0, 0.1) is 13.8 Å². The van der Waals surface area contributed by atoms with Crippen molar-refractivity contribution in [3.63, 3.8) is 0 Å². The highest BCUT2D eigenvalue weighted by Gasteiger charge is 2.31. The second-order valence-corrected chi connectivity index (χ2v) is 8.36. The van der Waals surface area contributed by atoms with Crippen molar-refractivity contribution in [2.45, 2.75) is 51.5 Å². The molecule has 1 aromatic carbocycles. The summed E-state index contributed by atoms with van der Waals surface area (Å²) in [6.45, 7) is 3.71. The van der Waals surface area contributed by atoms with Gasteiger partial charge in [-0.2, -0.15) is 5.10 Å². The van der Waals surface area contributed by atoms with Gasteiger partial charge in [0.15, 0.2) is 12.3 Å². The molecule has 0 saturated heterocycles. The summed E-state index contributed by atoms with van der Waals surface area (Å²) in [7, 11) is 0. The highest BCUT2D eigenvalue weighted by molar-refractivity contribution is 6.00. The summed E-state index contributed by atoms with van der Waals surface area (Å²) in [5.41, 5.74) is 4.75. The number of carbonyl (C=O) groups excluding carboxylic acids is 2. The molecule has 30 heavy (non-hydrogen) atoms. The first-order chi connectivity index (χ1) is 14.5. The predicted molar refractivity (Wildman–Crippen MR) is 112 cm³/mol. The Hall–Kier alpha value is -3.15. The lowest BCUT2D eigenvalue weighted by atomic mass is 10.1. The minimum Gasteiger partial charge on any atom is -0.453 e. The van der Waals surface area contributed by atoms with Gasteiger partial charge < -0.3 is 9.30 Å². The Morgan fingerprint density at radius 3 is 2.47 bits per heavy atom. The maximum absolute atomic E-state index is 12.9. The molecule has 0 radical (unpaired) electrons. The molecule has 154 valence electrons. The fraction of sp³-hybridized carbons (Fsp3) is 0.375. The van der Waals surface area contributed by atoms with E-state index in [4.69, 9.17) is 4.74 Å². The fourth-order valence-corrected chi connectivity index (χ4v) is 4.13. The molecule has 0 bridgehead atoms. The molecule has 0 amide bonds. The molecule has 2 saturated carbocycles. The summed E-state index contributed by atoms with van der Waals surface area (Å²) in [5, 5.41) is 4.63. The maximum Gasteiger partial charge on any atom is 0.357 e. The molecule has 2 heterocycles. The van der Waals surface area contributed by atoms with Gasteiger partial charge in [-0.05, 0) is 63.8 Å². The van der Waals surface area contributed by atoms with Crippen molar-refractivity contribution in [3.8, 4) is 5.69 Å². The van der Waals surface area contributed by atoms with Gasteiger partial charge in [0, 0.05) is 28.9 Å². The number of para-hydroxylation sites is 1. The highest BCUT2D eigenvalue weighted by Crippen LogP contribution is 2.40. The smallest absolute Gasteiger partial charge is 0.357 e. The molecule has 6 nitrogen and oxygen atoms in total. The van der Waals surface area contributed by atoms with Crippen molar-refractivity contribution in [2.75, 3.05) is 6.61 Å². The van der Waals surface area contributed by atoms with Gasteiger partial charge in [0.05, 0.1) is 11.4 Å². The summed E-state index contributed by atoms with van der Waals surface area (Å²) < 4.78 is 9.29. The molecule has 0 unspecified atom stereocenters. The topological polar surface area (TPSA) is 66.1 Å². The second kappa shape index (κ2) is 7.27. The number of carbonyl (C=O) groups is 2. The van der Waals surface area contributed by atoms with Gasteiger partial charge in [-0.15, -0.1) is 0 Å². The number of benzene rings is 1. The summed E-state index contributed by atoms with van der Waals surface area (Å²) in [4.78, 5) is 25.6. The number of aryl methyl sites for hydroxylation is 1. The van der Waals surface area contributed by atoms with Gasteiger partial charge >= 0.3 is 5.97 Å². The zero-order valence-corrected chi connectivity index (χ0v) is 17.3. The van der Waals surface area contributed by atoms with Crippen LogP contribution in [0.4, 0.5) is 0 Å². The van der Waals surface area contributed by atoms with Crippen molar-refractivity contribution in [2.24, 2.45) is 0 Å². The SMILES string of the molecule is Cc1cc(C(=O)COC(=O)c2cc(C3CC3)nn2-c2ccccc2)c(C)n1C1CC1. The van der Waals surface area contributed by atoms with E-state index < -0.39 is 5.97 Å². The van der Waals surface area contributed by atoms with Gasteiger partial charge in [0.1, 0.15) is 0 Å². The van der Waals surface area contributed by atoms with Crippen molar-refractivity contribution in [3.05, 3.63) is 70.8 Å². The normalized spacial score (nSPS) is 15.9. The van der Waals surface area contributed by atoms with Crippen LogP contribution in [0.1, 0.15) is 75.6 Å². The molecular weight excluding hydrogens is 378 g/mol. The van der Waals surface area contributed by atoms with Gasteiger partial charge in [-0.25, -0.2) is 9.48 Å². The first-order valence-corrected chi connectivity index (χ1v) is 10.6. The summed E-state index contributed by atoms with van der Waals surface area (Å²) >= 11 is 0. The van der Waals surface area contributed by atoms with Crippen LogP contribution in [0.25, 0.3) is 5.69 Å². The molecule has 0 spiro atoms. The molecule has 2 aliphatic carbocycles. The Morgan fingerprint density at radius 2 is 1.80 bits per heavy atom. The van der Waals surface area contributed by atoms with Crippen LogP contribution in [-0.4, -0.2) is 32.7 Å². The second-order valence-electron chi connectivity index (χ2n) is 8.36. The summed E-state index contributed by atoms with van der Waals surface area (Å²) in [6, 6.07) is 13.7. The van der Waals surface area contributed by atoms with Crippen LogP contribution in [0.5, 0.6) is 0 Å². The largest absolute Gasteiger partial charge is 0.453 e. The van der Waals surface area contributed by atoms with Gasteiger partial charge in [0.25, 0.3) is 0 Å². The Bertz CT molecular complexity index is 1120. The number of hydrogen-bond donors (Lipinski definition) is 0. The minimum absolute atomic E-state index is 0.170. The molecule has 0 atom stereocenters. The number of esters is 1. The predicted octanol–water partition coefficient (Wildman–Crippen LogP) is 4.54. The number of aromatic nitrogens is 3. The van der Waals surface area contributed by atoms with Crippen LogP contribution in [0.15, 0.2) is 42.5 Å². The zero-order chi connectivity index (χ0) is 20.8. The van der Waals surface area contributed by atoms with Crippen LogP contribution in [0.3, 0.4) is 0 Å². The van der Waals surface area contributed by atoms with Crippen LogP contribution in [-0.2, 0) is 4.74 Å². The standard InChI is InChI=1S/C24H25N3O3/c1-15-12-20(16(2)26(15)18-10-11-18)23(28)14-30-24(29)22-13-21(17-8-9-17)25-27(22)19-6-4-3-5-7-19/h3-7,12-13,17-18H,8-11,14H2,1-2H3. The summed E-state index contributed by atoms with van der Waals surface area (Å²) in [6.07, 6.45) is 4.50. The number of ether oxygens (including phenoxy) is 1. The molecule has 5 rings (SSSR count). The maximum atomic E-state index is 12.9. The van der Waals surface area contributed by atoms with E-state index in [1.54, 1.807) is 10.7 Å². The van der Waals surface area contributed by atoms with E-state index in [0.717, 1.165) is 48.5 Å². The number of rotatable bonds is 7. The van der Waals surface area contributed by atoms with Crippen molar-refractivity contribution >= 4 is 11.8 Å². The average Bonchev–Trinajstić information content (AvgIpc) is 3.69. The third kappa shape index (κ3) is 3.47. The number of hydrogen-bond acceptors (Lipinski definition) is 4. The first-order valence-electron chi connectivity index (χ1n) is 10.6. The van der Waals surface area contributed by atoms with E-state index in [9.17, 15) is 9.59 Å². The quantitative estimate of drug-likeness (QED) is 0.429. The average molecular weight is 403 g/mol. The van der Waals surface area contributed by atoms with Gasteiger partial charge in [-0.3, -0.25) is 4.79 Å². The number of Topliss-reactive ketones (excluding diaryl/α,β-unsaturated/α-hetero) is 1. The monoisotopic (exact) mass is 403 g/mol. The van der Waals surface area contributed by atoms with Crippen LogP contribution < -0.4 is 0 Å². The molecule has 6 heteroatoms. The highest BCUT2D eigenvalue weighted by atomic mass is 16.5. The third-order valence-electron chi connectivity index (χ3n) is 5.96. The van der Waals surface area contributed by atoms with Crippen molar-refractivity contribution in [1.82, 2.24) is 14.3 Å². The fourth-order valence-electron chi connectivity index (χ4n) is 4.13. The third-order valence-corrected chi connectivity index (χ3v) is 5.96. The molecule has 2 fully saturated rings. The van der Waals surface area contributed by atoms with Gasteiger partial charge in [-0.1, -0.05) is 18.2 Å². The van der Waals surface area contributed by atoms with Crippen molar-refractivity contribution < 1.29 is 14.3 Å². The Kier molecular flexibility index (Phi) is 4.57. The van der Waals surface area contributed by atoms with Gasteiger partial charge in [0.2, 0.25) is 5.78 Å². The van der Waals surface area contributed by atoms with E-state index in [1.165, 1.54) is 0 Å². The Morgan fingerprint density at radius 1 is 1.07 bits per heavy atom. The molecule has 0 aliphatic heterocycles. The van der Waals surface area contributed by atoms with Crippen LogP contribution in [0.2, 0.25) is 0 Å². The molecular formula is C24H25N3O3. The Balaban J connectivity index is 1.35. The molecule has 2 aliphatic rings. The lowest BCUT2D eigenvalue weighted by molar-refractivity contribution is 0.0465. The van der Waals surface area contributed by atoms with E-state index in [1.807, 2.05) is 50.2 Å². The first kappa shape index (κ1) is 18.9. The minimum atomic E-state index is -0.525. The number of ketones is 1. The summed E-state index contributed by atoms with van der Waals surface area (Å²) in [5.74, 6) is -0.282. The lowest BCUT2D eigenvalue weighted by Crippen LogP contribution is -2.17. The molecule has 0 N–H and O–H groups in total. The van der Waals surface area contributed by atoms with E-state index in [2.05, 4.69) is 9.67 Å². The van der Waals surface area contributed by atoms with E-state index in [-0.39, 0.29) is 12.4 Å². The zero-order valence-electron chi connectivity index (χ0n) is 17.3. The van der Waals surface area contributed by atoms with E-state index in [0.29, 0.717) is 23.2 Å². The van der Waals surface area contributed by atoms with E-state index >= 15 is 0 Å². The van der Waals surface area contributed by atoms with Crippen molar-refractivity contribution in [1.29, 1.82) is 0 Å². The van der Waals surface area contributed by atoms with Crippen LogP contribution >= 0.6 is 0 Å². The Labute approximate surface area is 175 Å². The molecule has 3 aromatic rings. The number of nitrogens with zero attached hydrogens (tertiary/aromatic N) is 3.